The Kier molecular flexibility index (Phi) is 7.66. The molecule has 32 heavy (non-hydrogen) atoms. The number of carbonyl (C=O) groups is 3. The summed E-state index contributed by atoms with van der Waals surface area (Å²) in [7, 11) is 0. The minimum atomic E-state index is -1.03. The Hall–Kier alpha value is -2.74. The van der Waals surface area contributed by atoms with Gasteiger partial charge in [0.05, 0.1) is 40.6 Å². The SMILES string of the molecule is CCOC(=O)C1=C(C(=O)OCC)N(c2ccc(Cl)cc2)C(=O)N[C@@H]1c1ccc(Cl)c(Cl)c1. The number of nitrogens with one attached hydrogen (secondary N) is 1. The number of hydrogen-bond donors (Lipinski definition) is 1. The van der Waals surface area contributed by atoms with E-state index in [9.17, 15) is 14.4 Å². The molecule has 10 heteroatoms. The molecule has 0 bridgehead atoms. The maximum Gasteiger partial charge on any atom is 0.356 e. The second-order valence-electron chi connectivity index (χ2n) is 6.57. The van der Waals surface area contributed by atoms with Crippen LogP contribution in [0.15, 0.2) is 53.7 Å². The lowest BCUT2D eigenvalue weighted by molar-refractivity contribution is -0.142. The van der Waals surface area contributed by atoms with Crippen molar-refractivity contribution >= 4 is 58.5 Å². The fraction of sp³-hybridized carbons (Fsp3) is 0.227. The Balaban J connectivity index is 2.28. The minimum absolute atomic E-state index is 0.0337. The Morgan fingerprint density at radius 2 is 1.56 bits per heavy atom. The van der Waals surface area contributed by atoms with Gasteiger partial charge in [0.15, 0.2) is 0 Å². The van der Waals surface area contributed by atoms with Gasteiger partial charge in [-0.1, -0.05) is 40.9 Å². The van der Waals surface area contributed by atoms with Crippen LogP contribution in [0.25, 0.3) is 0 Å². The second kappa shape index (κ2) is 10.3. The molecule has 1 aliphatic rings. The maximum atomic E-state index is 13.2. The molecule has 7 nitrogen and oxygen atoms in total. The average Bonchev–Trinajstić information content (AvgIpc) is 2.76. The van der Waals surface area contributed by atoms with Crippen LogP contribution in [0.2, 0.25) is 15.1 Å². The third kappa shape index (κ3) is 4.85. The van der Waals surface area contributed by atoms with Crippen molar-refractivity contribution in [3.05, 3.63) is 74.4 Å². The van der Waals surface area contributed by atoms with Crippen LogP contribution < -0.4 is 10.2 Å². The third-order valence-corrected chi connectivity index (χ3v) is 5.56. The molecule has 0 saturated heterocycles. The summed E-state index contributed by atoms with van der Waals surface area (Å²) >= 11 is 18.1. The Bertz CT molecular complexity index is 1090. The summed E-state index contributed by atoms with van der Waals surface area (Å²) in [5.41, 5.74) is 0.392. The molecule has 0 radical (unpaired) electrons. The van der Waals surface area contributed by atoms with Gasteiger partial charge in [0.1, 0.15) is 5.70 Å². The molecule has 3 rings (SSSR count). The number of esters is 2. The Morgan fingerprint density at radius 1 is 0.938 bits per heavy atom. The van der Waals surface area contributed by atoms with Gasteiger partial charge in [0.2, 0.25) is 0 Å². The minimum Gasteiger partial charge on any atom is -0.463 e. The molecule has 0 saturated carbocycles. The van der Waals surface area contributed by atoms with Gasteiger partial charge in [-0.2, -0.15) is 0 Å². The maximum absolute atomic E-state index is 13.2. The molecule has 0 aromatic heterocycles. The molecule has 1 atom stereocenters. The lowest BCUT2D eigenvalue weighted by Gasteiger charge is -2.35. The van der Waals surface area contributed by atoms with Gasteiger partial charge in [0, 0.05) is 5.02 Å². The van der Waals surface area contributed by atoms with Crippen molar-refractivity contribution < 1.29 is 23.9 Å². The Labute approximate surface area is 199 Å². The van der Waals surface area contributed by atoms with E-state index in [0.717, 1.165) is 4.90 Å². The molecule has 2 amide bonds. The Morgan fingerprint density at radius 3 is 2.16 bits per heavy atom. The van der Waals surface area contributed by atoms with Gasteiger partial charge in [-0.25, -0.2) is 14.4 Å². The van der Waals surface area contributed by atoms with Crippen molar-refractivity contribution in [3.8, 4) is 0 Å². The average molecular weight is 498 g/mol. The van der Waals surface area contributed by atoms with E-state index >= 15 is 0 Å². The standard InChI is InChI=1S/C22H19Cl3N2O5/c1-3-31-20(28)17-18(12-5-10-15(24)16(25)11-12)26-22(30)27(19(17)21(29)32-4-2)14-8-6-13(23)7-9-14/h5-11,18H,3-4H2,1-2H3,(H,26,30)/t18-/m1/s1. The molecule has 0 aliphatic carbocycles. The van der Waals surface area contributed by atoms with Crippen molar-refractivity contribution in [3.63, 3.8) is 0 Å². The zero-order chi connectivity index (χ0) is 23.4. The highest BCUT2D eigenvalue weighted by Gasteiger charge is 2.42. The van der Waals surface area contributed by atoms with E-state index in [1.807, 2.05) is 0 Å². The van der Waals surface area contributed by atoms with Gasteiger partial charge in [-0.05, 0) is 55.8 Å². The smallest absolute Gasteiger partial charge is 0.356 e. The third-order valence-electron chi connectivity index (χ3n) is 4.56. The first-order valence-corrected chi connectivity index (χ1v) is 10.8. The molecule has 1 N–H and O–H groups in total. The van der Waals surface area contributed by atoms with Crippen molar-refractivity contribution in [2.45, 2.75) is 19.9 Å². The van der Waals surface area contributed by atoms with Gasteiger partial charge in [0.25, 0.3) is 0 Å². The van der Waals surface area contributed by atoms with Gasteiger partial charge in [-0.15, -0.1) is 0 Å². The van der Waals surface area contributed by atoms with Crippen LogP contribution in [0.4, 0.5) is 10.5 Å². The summed E-state index contributed by atoms with van der Waals surface area (Å²) in [4.78, 5) is 40.3. The predicted molar refractivity (Wildman–Crippen MR) is 122 cm³/mol. The number of nitrogens with zero attached hydrogens (tertiary/aromatic N) is 1. The summed E-state index contributed by atoms with van der Waals surface area (Å²) < 4.78 is 10.4. The molecular formula is C22H19Cl3N2O5. The molecule has 0 spiro atoms. The molecule has 2 aromatic carbocycles. The van der Waals surface area contributed by atoms with E-state index in [1.54, 1.807) is 44.2 Å². The quantitative estimate of drug-likeness (QED) is 0.548. The zero-order valence-corrected chi connectivity index (χ0v) is 19.4. The van der Waals surface area contributed by atoms with Crippen molar-refractivity contribution in [1.82, 2.24) is 5.32 Å². The van der Waals surface area contributed by atoms with Crippen LogP contribution in [-0.2, 0) is 19.1 Å². The van der Waals surface area contributed by atoms with Crippen LogP contribution in [0.3, 0.4) is 0 Å². The van der Waals surface area contributed by atoms with Crippen LogP contribution in [0.5, 0.6) is 0 Å². The molecule has 1 heterocycles. The lowest BCUT2D eigenvalue weighted by Crippen LogP contribution is -2.51. The first kappa shape index (κ1) is 23.9. The van der Waals surface area contributed by atoms with E-state index in [4.69, 9.17) is 44.3 Å². The highest BCUT2D eigenvalue weighted by molar-refractivity contribution is 6.42. The normalized spacial score (nSPS) is 16.0. The first-order chi connectivity index (χ1) is 15.3. The molecule has 0 fully saturated rings. The number of hydrogen-bond acceptors (Lipinski definition) is 5. The number of ether oxygens (including phenoxy) is 2. The number of amides is 2. The largest absolute Gasteiger partial charge is 0.463 e. The summed E-state index contributed by atoms with van der Waals surface area (Å²) in [6.45, 7) is 3.34. The monoisotopic (exact) mass is 496 g/mol. The van der Waals surface area contributed by atoms with Gasteiger partial charge < -0.3 is 14.8 Å². The van der Waals surface area contributed by atoms with Gasteiger partial charge >= 0.3 is 18.0 Å². The van der Waals surface area contributed by atoms with E-state index in [0.29, 0.717) is 21.3 Å². The van der Waals surface area contributed by atoms with Crippen molar-refractivity contribution in [2.24, 2.45) is 0 Å². The number of anilines is 1. The number of carbonyl (C=O) groups excluding carboxylic acids is 3. The van der Waals surface area contributed by atoms with Crippen LogP contribution in [-0.4, -0.2) is 31.2 Å². The highest BCUT2D eigenvalue weighted by atomic mass is 35.5. The lowest BCUT2D eigenvalue weighted by atomic mass is 9.94. The van der Waals surface area contributed by atoms with E-state index < -0.39 is 24.0 Å². The van der Waals surface area contributed by atoms with E-state index in [1.165, 1.54) is 12.1 Å². The van der Waals surface area contributed by atoms with E-state index in [2.05, 4.69) is 5.32 Å². The fourth-order valence-electron chi connectivity index (χ4n) is 3.22. The summed E-state index contributed by atoms with van der Waals surface area (Å²) in [6.07, 6.45) is 0. The van der Waals surface area contributed by atoms with Crippen molar-refractivity contribution in [1.29, 1.82) is 0 Å². The summed E-state index contributed by atoms with van der Waals surface area (Å²) in [5.74, 6) is -1.64. The van der Waals surface area contributed by atoms with Crippen molar-refractivity contribution in [2.75, 3.05) is 18.1 Å². The molecular weight excluding hydrogens is 479 g/mol. The highest BCUT2D eigenvalue weighted by Crippen LogP contribution is 2.37. The molecule has 0 unspecified atom stereocenters. The van der Waals surface area contributed by atoms with Crippen LogP contribution in [0.1, 0.15) is 25.5 Å². The molecule has 2 aromatic rings. The molecule has 1 aliphatic heterocycles. The molecule has 168 valence electrons. The summed E-state index contributed by atoms with van der Waals surface area (Å²) in [6, 6.07) is 9.16. The number of halogens is 3. The predicted octanol–water partition coefficient (Wildman–Crippen LogP) is 5.30. The van der Waals surface area contributed by atoms with Crippen LogP contribution >= 0.6 is 34.8 Å². The van der Waals surface area contributed by atoms with E-state index in [-0.39, 0.29) is 29.5 Å². The number of rotatable bonds is 6. The fourth-order valence-corrected chi connectivity index (χ4v) is 3.65. The zero-order valence-electron chi connectivity index (χ0n) is 17.2. The van der Waals surface area contributed by atoms with Crippen LogP contribution in [0, 0.1) is 0 Å². The first-order valence-electron chi connectivity index (χ1n) is 9.68. The topological polar surface area (TPSA) is 84.9 Å². The second-order valence-corrected chi connectivity index (χ2v) is 7.82. The van der Waals surface area contributed by atoms with Gasteiger partial charge in [-0.3, -0.25) is 4.90 Å². The number of urea groups is 1. The number of benzene rings is 2. The summed E-state index contributed by atoms with van der Waals surface area (Å²) in [5, 5.41) is 3.70.